The van der Waals surface area contributed by atoms with Crippen LogP contribution in [0.4, 0.5) is 10.1 Å². The van der Waals surface area contributed by atoms with E-state index in [2.05, 4.69) is 10.6 Å². The number of carbonyl (C=O) groups is 3. The fourth-order valence-corrected chi connectivity index (χ4v) is 2.20. The normalized spacial score (nSPS) is 10.1. The molecule has 2 amide bonds. The maximum atomic E-state index is 13.0. The molecule has 0 saturated heterocycles. The van der Waals surface area contributed by atoms with Crippen molar-refractivity contribution in [3.05, 3.63) is 63.9 Å². The second-order valence-corrected chi connectivity index (χ2v) is 5.87. The molecule has 0 atom stereocenters. The van der Waals surface area contributed by atoms with Crippen LogP contribution in [-0.2, 0) is 14.3 Å². The van der Waals surface area contributed by atoms with E-state index in [9.17, 15) is 18.8 Å². The summed E-state index contributed by atoms with van der Waals surface area (Å²) < 4.78 is 17.8. The van der Waals surface area contributed by atoms with Gasteiger partial charge in [-0.1, -0.05) is 29.3 Å². The van der Waals surface area contributed by atoms with Crippen molar-refractivity contribution in [2.45, 2.75) is 0 Å². The van der Waals surface area contributed by atoms with Gasteiger partial charge in [-0.25, -0.2) is 4.39 Å². The smallest absolute Gasteiger partial charge is 0.325 e. The van der Waals surface area contributed by atoms with Gasteiger partial charge in [0.25, 0.3) is 11.8 Å². The van der Waals surface area contributed by atoms with E-state index >= 15 is 0 Å². The standard InChI is InChI=1S/C17H13Cl2FN2O4/c18-11-4-5-13(19)14(7-11)22-15(23)9-26-16(24)8-21-17(25)10-2-1-3-12(20)6-10/h1-7H,8-9H2,(H,21,25)(H,22,23). The van der Waals surface area contributed by atoms with Crippen LogP contribution >= 0.6 is 23.2 Å². The summed E-state index contributed by atoms with van der Waals surface area (Å²) in [5, 5.41) is 5.36. The van der Waals surface area contributed by atoms with Crippen molar-refractivity contribution in [2.24, 2.45) is 0 Å². The number of hydrogen-bond acceptors (Lipinski definition) is 4. The molecule has 0 aromatic heterocycles. The molecule has 0 fully saturated rings. The monoisotopic (exact) mass is 398 g/mol. The lowest BCUT2D eigenvalue weighted by Crippen LogP contribution is -2.32. The Hall–Kier alpha value is -2.64. The molecular weight excluding hydrogens is 386 g/mol. The average molecular weight is 399 g/mol. The topological polar surface area (TPSA) is 84.5 Å². The van der Waals surface area contributed by atoms with Gasteiger partial charge in [-0.15, -0.1) is 0 Å². The summed E-state index contributed by atoms with van der Waals surface area (Å²) in [6.07, 6.45) is 0. The van der Waals surface area contributed by atoms with Gasteiger partial charge >= 0.3 is 5.97 Å². The number of anilines is 1. The minimum atomic E-state index is -0.831. The predicted octanol–water partition coefficient (Wildman–Crippen LogP) is 3.04. The maximum absolute atomic E-state index is 13.0. The van der Waals surface area contributed by atoms with Crippen molar-refractivity contribution in [2.75, 3.05) is 18.5 Å². The van der Waals surface area contributed by atoms with Gasteiger partial charge < -0.3 is 15.4 Å². The van der Waals surface area contributed by atoms with Gasteiger partial charge in [0.15, 0.2) is 6.61 Å². The Bertz CT molecular complexity index is 845. The molecule has 26 heavy (non-hydrogen) atoms. The second-order valence-electron chi connectivity index (χ2n) is 5.03. The summed E-state index contributed by atoms with van der Waals surface area (Å²) in [4.78, 5) is 35.1. The van der Waals surface area contributed by atoms with Crippen molar-refractivity contribution in [1.29, 1.82) is 0 Å². The predicted molar refractivity (Wildman–Crippen MR) is 94.8 cm³/mol. The summed E-state index contributed by atoms with van der Waals surface area (Å²) in [6.45, 7) is -1.04. The van der Waals surface area contributed by atoms with Crippen LogP contribution in [0, 0.1) is 5.82 Å². The van der Waals surface area contributed by atoms with Crippen LogP contribution in [0.25, 0.3) is 0 Å². The van der Waals surface area contributed by atoms with E-state index in [0.29, 0.717) is 5.02 Å². The van der Waals surface area contributed by atoms with E-state index in [1.807, 2.05) is 0 Å². The van der Waals surface area contributed by atoms with E-state index < -0.39 is 36.8 Å². The number of benzene rings is 2. The number of rotatable bonds is 6. The van der Waals surface area contributed by atoms with E-state index in [-0.39, 0.29) is 16.3 Å². The maximum Gasteiger partial charge on any atom is 0.325 e. The quantitative estimate of drug-likeness (QED) is 0.732. The van der Waals surface area contributed by atoms with Crippen molar-refractivity contribution in [1.82, 2.24) is 5.32 Å². The minimum Gasteiger partial charge on any atom is -0.454 e. The SMILES string of the molecule is O=C(COC(=O)CNC(=O)c1cccc(F)c1)Nc1cc(Cl)ccc1Cl. The van der Waals surface area contributed by atoms with E-state index in [0.717, 1.165) is 6.07 Å². The van der Waals surface area contributed by atoms with Gasteiger partial charge in [-0.05, 0) is 36.4 Å². The highest BCUT2D eigenvalue weighted by atomic mass is 35.5. The molecule has 0 spiro atoms. The van der Waals surface area contributed by atoms with E-state index in [1.165, 1.54) is 30.3 Å². The van der Waals surface area contributed by atoms with Gasteiger partial charge in [0.2, 0.25) is 0 Å². The third kappa shape index (κ3) is 6.02. The molecule has 0 heterocycles. The first-order chi connectivity index (χ1) is 12.3. The van der Waals surface area contributed by atoms with Crippen LogP contribution in [0.1, 0.15) is 10.4 Å². The zero-order valence-electron chi connectivity index (χ0n) is 13.2. The first kappa shape index (κ1) is 19.7. The molecule has 0 unspecified atom stereocenters. The largest absolute Gasteiger partial charge is 0.454 e. The Morgan fingerprint density at radius 1 is 1.08 bits per heavy atom. The van der Waals surface area contributed by atoms with Crippen molar-refractivity contribution in [3.63, 3.8) is 0 Å². The lowest BCUT2D eigenvalue weighted by molar-refractivity contribution is -0.146. The zero-order valence-corrected chi connectivity index (χ0v) is 14.7. The number of esters is 1. The summed E-state index contributed by atoms with van der Waals surface area (Å²) >= 11 is 11.7. The molecule has 2 N–H and O–H groups in total. The molecule has 136 valence electrons. The van der Waals surface area contributed by atoms with Crippen LogP contribution in [0.15, 0.2) is 42.5 Å². The number of amides is 2. The fraction of sp³-hybridized carbons (Fsp3) is 0.118. The highest BCUT2D eigenvalue weighted by Gasteiger charge is 2.12. The van der Waals surface area contributed by atoms with Crippen molar-refractivity contribution >= 4 is 46.7 Å². The number of ether oxygens (including phenoxy) is 1. The van der Waals surface area contributed by atoms with Crippen LogP contribution in [-0.4, -0.2) is 30.9 Å². The fourth-order valence-electron chi connectivity index (χ4n) is 1.86. The van der Waals surface area contributed by atoms with Gasteiger partial charge in [0.1, 0.15) is 12.4 Å². The molecule has 0 aliphatic heterocycles. The molecule has 0 aliphatic rings. The molecular formula is C17H13Cl2FN2O4. The molecule has 2 aromatic rings. The highest BCUT2D eigenvalue weighted by molar-refractivity contribution is 6.35. The van der Waals surface area contributed by atoms with Crippen LogP contribution in [0.5, 0.6) is 0 Å². The van der Waals surface area contributed by atoms with Crippen molar-refractivity contribution < 1.29 is 23.5 Å². The first-order valence-corrected chi connectivity index (χ1v) is 8.05. The number of carbonyl (C=O) groups excluding carboxylic acids is 3. The third-order valence-electron chi connectivity index (χ3n) is 3.05. The molecule has 0 saturated carbocycles. The molecule has 0 bridgehead atoms. The Kier molecular flexibility index (Phi) is 6.94. The Morgan fingerprint density at radius 2 is 1.85 bits per heavy atom. The summed E-state index contributed by atoms with van der Waals surface area (Å²) in [5.41, 5.74) is 0.339. The minimum absolute atomic E-state index is 0.0612. The number of halogens is 3. The molecule has 6 nitrogen and oxygen atoms in total. The van der Waals surface area contributed by atoms with E-state index in [1.54, 1.807) is 6.07 Å². The molecule has 9 heteroatoms. The number of nitrogens with one attached hydrogen (secondary N) is 2. The Balaban J connectivity index is 1.77. The van der Waals surface area contributed by atoms with Gasteiger partial charge in [0, 0.05) is 10.6 Å². The van der Waals surface area contributed by atoms with Crippen LogP contribution in [0.2, 0.25) is 10.0 Å². The lowest BCUT2D eigenvalue weighted by atomic mass is 10.2. The molecule has 2 rings (SSSR count). The first-order valence-electron chi connectivity index (χ1n) is 7.29. The third-order valence-corrected chi connectivity index (χ3v) is 3.61. The molecule has 2 aromatic carbocycles. The molecule has 0 aliphatic carbocycles. The van der Waals surface area contributed by atoms with Crippen LogP contribution < -0.4 is 10.6 Å². The summed E-state index contributed by atoms with van der Waals surface area (Å²) in [6, 6.07) is 9.50. The Labute approximate surface area is 158 Å². The van der Waals surface area contributed by atoms with Gasteiger partial charge in [-0.2, -0.15) is 0 Å². The molecule has 0 radical (unpaired) electrons. The number of hydrogen-bond donors (Lipinski definition) is 2. The lowest BCUT2D eigenvalue weighted by Gasteiger charge is -2.09. The Morgan fingerprint density at radius 3 is 2.58 bits per heavy atom. The second kappa shape index (κ2) is 9.17. The summed E-state index contributed by atoms with van der Waals surface area (Å²) in [7, 11) is 0. The van der Waals surface area contributed by atoms with Gasteiger partial charge in [-0.3, -0.25) is 14.4 Å². The van der Waals surface area contributed by atoms with E-state index in [4.69, 9.17) is 27.9 Å². The highest BCUT2D eigenvalue weighted by Crippen LogP contribution is 2.25. The summed E-state index contributed by atoms with van der Waals surface area (Å²) in [5.74, 6) is -2.67. The van der Waals surface area contributed by atoms with Gasteiger partial charge in [0.05, 0.1) is 10.7 Å². The van der Waals surface area contributed by atoms with Crippen molar-refractivity contribution in [3.8, 4) is 0 Å². The average Bonchev–Trinajstić information content (AvgIpc) is 2.61. The zero-order chi connectivity index (χ0) is 19.1. The van der Waals surface area contributed by atoms with Crippen LogP contribution in [0.3, 0.4) is 0 Å².